The molecule has 0 N–H and O–H groups in total. The van der Waals surface area contributed by atoms with E-state index in [-0.39, 0.29) is 30.4 Å². The van der Waals surface area contributed by atoms with Crippen molar-refractivity contribution in [1.29, 1.82) is 0 Å². The first-order valence-electron chi connectivity index (χ1n) is 11.4. The SMILES string of the molecule is Cc1cccc(CN2CCN(C(=O)CN3CCN(S(=O)(=O)c4ccccc4F)CC3)CC2)c1. The minimum absolute atomic E-state index is 0.0793. The standard InChI is InChI=1S/C24H31FN4O3S/c1-20-5-4-6-21(17-20)18-26-9-13-28(14-10-26)24(30)19-27-11-15-29(16-12-27)33(31,32)23-8-3-2-7-22(23)25/h2-8,17H,9-16,18-19H2,1H3. The molecule has 0 spiro atoms. The van der Waals surface area contributed by atoms with Crippen LogP contribution in [0.5, 0.6) is 0 Å². The number of sulfonamides is 1. The van der Waals surface area contributed by atoms with Gasteiger partial charge in [-0.25, -0.2) is 12.8 Å². The van der Waals surface area contributed by atoms with Crippen molar-refractivity contribution in [2.24, 2.45) is 0 Å². The zero-order valence-corrected chi connectivity index (χ0v) is 19.8. The molecule has 2 aliphatic heterocycles. The number of amides is 1. The average Bonchev–Trinajstić information content (AvgIpc) is 2.80. The third-order valence-electron chi connectivity index (χ3n) is 6.36. The van der Waals surface area contributed by atoms with Gasteiger partial charge in [-0.05, 0) is 24.6 Å². The van der Waals surface area contributed by atoms with Gasteiger partial charge in [0.2, 0.25) is 15.9 Å². The van der Waals surface area contributed by atoms with Crippen LogP contribution < -0.4 is 0 Å². The van der Waals surface area contributed by atoms with Gasteiger partial charge in [-0.15, -0.1) is 0 Å². The Morgan fingerprint density at radius 2 is 1.55 bits per heavy atom. The molecule has 178 valence electrons. The third kappa shape index (κ3) is 5.78. The highest BCUT2D eigenvalue weighted by Crippen LogP contribution is 2.20. The smallest absolute Gasteiger partial charge is 0.246 e. The minimum Gasteiger partial charge on any atom is -0.339 e. The quantitative estimate of drug-likeness (QED) is 0.639. The molecule has 33 heavy (non-hydrogen) atoms. The van der Waals surface area contributed by atoms with Crippen molar-refractivity contribution in [1.82, 2.24) is 19.0 Å². The number of nitrogens with zero attached hydrogens (tertiary/aromatic N) is 4. The van der Waals surface area contributed by atoms with Crippen LogP contribution in [0, 0.1) is 12.7 Å². The number of hydrogen-bond acceptors (Lipinski definition) is 5. The van der Waals surface area contributed by atoms with Crippen LogP contribution in [-0.4, -0.2) is 92.2 Å². The zero-order valence-electron chi connectivity index (χ0n) is 19.0. The molecule has 1 amide bonds. The van der Waals surface area contributed by atoms with Crippen LogP contribution in [0.15, 0.2) is 53.4 Å². The van der Waals surface area contributed by atoms with Crippen LogP contribution in [0.3, 0.4) is 0 Å². The van der Waals surface area contributed by atoms with E-state index >= 15 is 0 Å². The zero-order chi connectivity index (χ0) is 23.4. The molecule has 0 radical (unpaired) electrons. The fraction of sp³-hybridized carbons (Fsp3) is 0.458. The van der Waals surface area contributed by atoms with E-state index in [1.54, 1.807) is 0 Å². The van der Waals surface area contributed by atoms with Gasteiger partial charge < -0.3 is 4.90 Å². The third-order valence-corrected chi connectivity index (χ3v) is 8.29. The lowest BCUT2D eigenvalue weighted by Crippen LogP contribution is -2.54. The Morgan fingerprint density at radius 1 is 0.879 bits per heavy atom. The van der Waals surface area contributed by atoms with Gasteiger partial charge in [-0.2, -0.15) is 4.31 Å². The predicted molar refractivity (Wildman–Crippen MR) is 125 cm³/mol. The molecule has 0 aromatic heterocycles. The molecule has 2 aliphatic rings. The average molecular weight is 475 g/mol. The van der Waals surface area contributed by atoms with Crippen LogP contribution in [0.1, 0.15) is 11.1 Å². The predicted octanol–water partition coefficient (Wildman–Crippen LogP) is 1.78. The molecular formula is C24H31FN4O3S. The first kappa shape index (κ1) is 23.8. The maximum absolute atomic E-state index is 14.0. The molecule has 2 saturated heterocycles. The number of carbonyl (C=O) groups excluding carboxylic acids is 1. The highest BCUT2D eigenvalue weighted by atomic mass is 32.2. The molecule has 9 heteroatoms. The summed E-state index contributed by atoms with van der Waals surface area (Å²) in [6.07, 6.45) is 0. The van der Waals surface area contributed by atoms with E-state index < -0.39 is 15.8 Å². The monoisotopic (exact) mass is 474 g/mol. The fourth-order valence-corrected chi connectivity index (χ4v) is 5.92. The number of halogens is 1. The minimum atomic E-state index is -3.87. The number of piperazine rings is 2. The summed E-state index contributed by atoms with van der Waals surface area (Å²) in [4.78, 5) is 18.8. The first-order valence-corrected chi connectivity index (χ1v) is 12.8. The summed E-state index contributed by atoms with van der Waals surface area (Å²) >= 11 is 0. The molecule has 2 aromatic carbocycles. The summed E-state index contributed by atoms with van der Waals surface area (Å²) in [5, 5.41) is 0. The Hall–Kier alpha value is -2.33. The summed E-state index contributed by atoms with van der Waals surface area (Å²) in [5.74, 6) is -0.660. The van der Waals surface area contributed by atoms with Gasteiger partial charge in [0.05, 0.1) is 6.54 Å². The topological polar surface area (TPSA) is 64.2 Å². The summed E-state index contributed by atoms with van der Waals surface area (Å²) in [6, 6.07) is 13.9. The van der Waals surface area contributed by atoms with Crippen molar-refractivity contribution in [2.75, 3.05) is 58.9 Å². The van der Waals surface area contributed by atoms with Gasteiger partial charge >= 0.3 is 0 Å². The van der Waals surface area contributed by atoms with E-state index in [2.05, 4.69) is 36.1 Å². The number of carbonyl (C=O) groups is 1. The maximum atomic E-state index is 14.0. The van der Waals surface area contributed by atoms with Crippen molar-refractivity contribution in [3.8, 4) is 0 Å². The Bertz CT molecular complexity index is 1080. The van der Waals surface area contributed by atoms with Gasteiger partial charge in [0.15, 0.2) is 0 Å². The maximum Gasteiger partial charge on any atom is 0.246 e. The van der Waals surface area contributed by atoms with E-state index in [0.717, 1.165) is 25.7 Å². The van der Waals surface area contributed by atoms with Gasteiger partial charge in [0.1, 0.15) is 10.7 Å². The fourth-order valence-electron chi connectivity index (χ4n) is 4.44. The van der Waals surface area contributed by atoms with Crippen LogP contribution in [-0.2, 0) is 21.4 Å². The van der Waals surface area contributed by atoms with E-state index in [4.69, 9.17) is 0 Å². The van der Waals surface area contributed by atoms with Crippen LogP contribution in [0.25, 0.3) is 0 Å². The Morgan fingerprint density at radius 3 is 2.21 bits per heavy atom. The summed E-state index contributed by atoms with van der Waals surface area (Å²) in [6.45, 7) is 7.74. The van der Waals surface area contributed by atoms with Crippen LogP contribution in [0.2, 0.25) is 0 Å². The lowest BCUT2D eigenvalue weighted by molar-refractivity contribution is -0.134. The highest BCUT2D eigenvalue weighted by Gasteiger charge is 2.31. The van der Waals surface area contributed by atoms with Crippen molar-refractivity contribution >= 4 is 15.9 Å². The van der Waals surface area contributed by atoms with E-state index in [1.165, 1.54) is 33.6 Å². The van der Waals surface area contributed by atoms with E-state index in [1.807, 2.05) is 9.80 Å². The molecule has 0 aliphatic carbocycles. The van der Waals surface area contributed by atoms with Gasteiger partial charge in [-0.3, -0.25) is 14.6 Å². The molecular weight excluding hydrogens is 443 g/mol. The largest absolute Gasteiger partial charge is 0.339 e. The van der Waals surface area contributed by atoms with Crippen molar-refractivity contribution < 1.29 is 17.6 Å². The van der Waals surface area contributed by atoms with Gasteiger partial charge in [0, 0.05) is 58.9 Å². The molecule has 0 saturated carbocycles. The Kier molecular flexibility index (Phi) is 7.43. The normalized spacial score (nSPS) is 19.0. The number of hydrogen-bond donors (Lipinski definition) is 0. The van der Waals surface area contributed by atoms with Crippen molar-refractivity contribution in [3.63, 3.8) is 0 Å². The molecule has 2 fully saturated rings. The molecule has 0 bridgehead atoms. The molecule has 2 aromatic rings. The van der Waals surface area contributed by atoms with Gasteiger partial charge in [-0.1, -0.05) is 42.0 Å². The second-order valence-electron chi connectivity index (χ2n) is 8.76. The summed E-state index contributed by atoms with van der Waals surface area (Å²) < 4.78 is 40.8. The Balaban J connectivity index is 1.23. The lowest BCUT2D eigenvalue weighted by Gasteiger charge is -2.37. The van der Waals surface area contributed by atoms with E-state index in [0.29, 0.717) is 26.2 Å². The Labute approximate surface area is 195 Å². The highest BCUT2D eigenvalue weighted by molar-refractivity contribution is 7.89. The molecule has 0 atom stereocenters. The summed E-state index contributed by atoms with van der Waals surface area (Å²) in [7, 11) is -3.87. The lowest BCUT2D eigenvalue weighted by atomic mass is 10.1. The molecule has 7 nitrogen and oxygen atoms in total. The van der Waals surface area contributed by atoms with Crippen molar-refractivity contribution in [3.05, 3.63) is 65.5 Å². The summed E-state index contributed by atoms with van der Waals surface area (Å²) in [5.41, 5.74) is 2.54. The number of benzene rings is 2. The number of aryl methyl sites for hydroxylation is 1. The van der Waals surface area contributed by atoms with Gasteiger partial charge in [0.25, 0.3) is 0 Å². The van der Waals surface area contributed by atoms with Crippen molar-refractivity contribution in [2.45, 2.75) is 18.4 Å². The molecule has 4 rings (SSSR count). The van der Waals surface area contributed by atoms with Crippen LogP contribution in [0.4, 0.5) is 4.39 Å². The molecule has 0 unspecified atom stereocenters. The number of rotatable bonds is 6. The second kappa shape index (κ2) is 10.3. The second-order valence-corrected chi connectivity index (χ2v) is 10.7. The molecule has 2 heterocycles. The van der Waals surface area contributed by atoms with Crippen LogP contribution >= 0.6 is 0 Å². The van der Waals surface area contributed by atoms with E-state index in [9.17, 15) is 17.6 Å². The first-order chi connectivity index (χ1) is 15.8.